The average Bonchev–Trinajstić information content (AvgIpc) is 3.73. The van der Waals surface area contributed by atoms with Crippen molar-refractivity contribution >= 4 is 40.0 Å². The zero-order valence-corrected chi connectivity index (χ0v) is 21.2. The molecule has 10 nitrogen and oxygen atoms in total. The van der Waals surface area contributed by atoms with Crippen LogP contribution in [-0.2, 0) is 14.4 Å². The highest BCUT2D eigenvalue weighted by Gasteiger charge is 2.27. The first-order chi connectivity index (χ1) is 18.2. The highest BCUT2D eigenvalue weighted by atomic mass is 16.5. The predicted molar refractivity (Wildman–Crippen MR) is 143 cm³/mol. The summed E-state index contributed by atoms with van der Waals surface area (Å²) < 4.78 is 6.55. The molecule has 2 aliphatic rings. The number of para-hydroxylation sites is 1. The Hall–Kier alpha value is -4.73. The smallest absolute Gasteiger partial charge is 0.272 e. The van der Waals surface area contributed by atoms with E-state index < -0.39 is 17.4 Å². The number of likely N-dealkylation sites (N-methyl/N-ethyl adjacent to an activating group) is 2. The van der Waals surface area contributed by atoms with E-state index in [9.17, 15) is 19.2 Å². The van der Waals surface area contributed by atoms with Crippen LogP contribution < -0.4 is 20.5 Å². The largest absolute Gasteiger partial charge is 0.482 e. The van der Waals surface area contributed by atoms with Gasteiger partial charge in [0.25, 0.3) is 23.3 Å². The van der Waals surface area contributed by atoms with Crippen molar-refractivity contribution in [1.82, 2.24) is 19.8 Å². The van der Waals surface area contributed by atoms with Crippen molar-refractivity contribution in [2.75, 3.05) is 32.1 Å². The number of anilines is 1. The van der Waals surface area contributed by atoms with Crippen LogP contribution in [0.5, 0.6) is 5.75 Å². The van der Waals surface area contributed by atoms with Crippen molar-refractivity contribution < 1.29 is 19.1 Å². The van der Waals surface area contributed by atoms with E-state index in [4.69, 9.17) is 4.74 Å². The van der Waals surface area contributed by atoms with Crippen LogP contribution in [0.4, 0.5) is 5.69 Å². The van der Waals surface area contributed by atoms with E-state index in [1.165, 1.54) is 16.1 Å². The molecule has 1 aliphatic heterocycles. The molecule has 10 heteroatoms. The summed E-state index contributed by atoms with van der Waals surface area (Å²) in [5.74, 6) is -0.205. The highest BCUT2D eigenvalue weighted by molar-refractivity contribution is 6.15. The van der Waals surface area contributed by atoms with Crippen LogP contribution in [-0.4, -0.2) is 59.4 Å². The number of nitrogens with zero attached hydrogens (tertiary/aromatic N) is 4. The molecule has 1 aliphatic carbocycles. The monoisotopic (exact) mass is 513 g/mol. The predicted octanol–water partition coefficient (Wildman–Crippen LogP) is 2.39. The fraction of sp³-hybridized carbons (Fsp3) is 0.250. The number of fused-ring (bicyclic) bond motifs is 2. The van der Waals surface area contributed by atoms with Crippen molar-refractivity contribution in [2.24, 2.45) is 5.92 Å². The van der Waals surface area contributed by atoms with Crippen LogP contribution in [0.2, 0.25) is 0 Å². The summed E-state index contributed by atoms with van der Waals surface area (Å²) in [5.41, 5.74) is 1.68. The Morgan fingerprint density at radius 3 is 2.68 bits per heavy atom. The minimum Gasteiger partial charge on any atom is -0.482 e. The molecule has 3 amide bonds. The van der Waals surface area contributed by atoms with Gasteiger partial charge in [0.15, 0.2) is 6.61 Å². The normalized spacial score (nSPS) is 14.5. The third-order valence-electron chi connectivity index (χ3n) is 6.80. The molecule has 1 aromatic heterocycles. The van der Waals surface area contributed by atoms with Crippen LogP contribution >= 0.6 is 0 Å². The van der Waals surface area contributed by atoms with Gasteiger partial charge < -0.3 is 19.9 Å². The average molecular weight is 514 g/mol. The quantitative estimate of drug-likeness (QED) is 0.486. The second kappa shape index (κ2) is 9.62. The second-order valence-corrected chi connectivity index (χ2v) is 9.55. The van der Waals surface area contributed by atoms with E-state index in [1.807, 2.05) is 18.2 Å². The van der Waals surface area contributed by atoms with E-state index in [0.717, 1.165) is 23.0 Å². The maximum atomic E-state index is 13.4. The first kappa shape index (κ1) is 24.9. The van der Waals surface area contributed by atoms with Crippen molar-refractivity contribution in [3.8, 4) is 16.9 Å². The maximum Gasteiger partial charge on any atom is 0.272 e. The molecule has 0 atom stereocenters. The van der Waals surface area contributed by atoms with Crippen LogP contribution in [0.25, 0.3) is 27.7 Å². The summed E-state index contributed by atoms with van der Waals surface area (Å²) in [6, 6.07) is 10.6. The van der Waals surface area contributed by atoms with Crippen molar-refractivity contribution in [2.45, 2.75) is 12.8 Å². The Kier molecular flexibility index (Phi) is 6.31. The summed E-state index contributed by atoms with van der Waals surface area (Å²) in [5, 5.41) is 2.72. The first-order valence-electron chi connectivity index (χ1n) is 12.1. The van der Waals surface area contributed by atoms with E-state index in [0.29, 0.717) is 35.0 Å². The number of nitrogens with one attached hydrogen (secondary N) is 1. The van der Waals surface area contributed by atoms with Gasteiger partial charge in [-0.3, -0.25) is 23.7 Å². The Morgan fingerprint density at radius 2 is 1.95 bits per heavy atom. The zero-order valence-electron chi connectivity index (χ0n) is 21.2. The molecule has 0 unspecified atom stereocenters. The first-order valence-corrected chi connectivity index (χ1v) is 12.1. The SMILES string of the molecule is C=C(NC(=O)C(=C)n1cnc2c(-c3ccc4c(c3)N(C)C(=O)CO4)cccc2c1=O)C(=O)N(C)CC1CC1. The van der Waals surface area contributed by atoms with Crippen LogP contribution in [0.3, 0.4) is 0 Å². The van der Waals surface area contributed by atoms with Gasteiger partial charge in [0.05, 0.1) is 22.3 Å². The van der Waals surface area contributed by atoms with Gasteiger partial charge in [-0.1, -0.05) is 31.4 Å². The topological polar surface area (TPSA) is 114 Å². The van der Waals surface area contributed by atoms with Gasteiger partial charge in [-0.25, -0.2) is 4.98 Å². The number of carbonyl (C=O) groups excluding carboxylic acids is 3. The van der Waals surface area contributed by atoms with E-state index in [-0.39, 0.29) is 29.3 Å². The minimum absolute atomic E-state index is 0.0195. The molecule has 0 spiro atoms. The Morgan fingerprint density at radius 1 is 1.18 bits per heavy atom. The van der Waals surface area contributed by atoms with Crippen LogP contribution in [0.1, 0.15) is 12.8 Å². The lowest BCUT2D eigenvalue weighted by Gasteiger charge is -2.26. The molecule has 1 N–H and O–H groups in total. The van der Waals surface area contributed by atoms with Gasteiger partial charge in [-0.05, 0) is 42.5 Å². The maximum absolute atomic E-state index is 13.4. The van der Waals surface area contributed by atoms with Crippen molar-refractivity contribution in [3.63, 3.8) is 0 Å². The molecule has 2 heterocycles. The minimum atomic E-state index is -0.732. The number of hydrogen-bond donors (Lipinski definition) is 1. The summed E-state index contributed by atoms with van der Waals surface area (Å²) in [7, 11) is 3.34. The van der Waals surface area contributed by atoms with Gasteiger partial charge >= 0.3 is 0 Å². The molecular weight excluding hydrogens is 486 g/mol. The number of ether oxygens (including phenoxy) is 1. The summed E-state index contributed by atoms with van der Waals surface area (Å²) in [4.78, 5) is 58.3. The molecule has 0 bridgehead atoms. The molecular formula is C28H27N5O5. The third-order valence-corrected chi connectivity index (χ3v) is 6.80. The fourth-order valence-electron chi connectivity index (χ4n) is 4.39. The summed E-state index contributed by atoms with van der Waals surface area (Å²) in [6.07, 6.45) is 3.41. The summed E-state index contributed by atoms with van der Waals surface area (Å²) >= 11 is 0. The molecule has 1 saturated carbocycles. The van der Waals surface area contributed by atoms with E-state index in [1.54, 1.807) is 32.3 Å². The molecule has 0 saturated heterocycles. The lowest BCUT2D eigenvalue weighted by molar-refractivity contribution is -0.128. The second-order valence-electron chi connectivity index (χ2n) is 9.55. The number of carbonyl (C=O) groups is 3. The van der Waals surface area contributed by atoms with Gasteiger partial charge in [0.1, 0.15) is 17.8 Å². The number of benzene rings is 2. The Balaban J connectivity index is 1.41. The molecule has 5 rings (SSSR count). The molecule has 0 radical (unpaired) electrons. The Bertz CT molecular complexity index is 1590. The van der Waals surface area contributed by atoms with E-state index >= 15 is 0 Å². The number of aromatic nitrogens is 2. The third kappa shape index (κ3) is 4.56. The molecule has 2 aromatic carbocycles. The van der Waals surface area contributed by atoms with Crippen molar-refractivity contribution in [1.29, 1.82) is 0 Å². The molecule has 194 valence electrons. The van der Waals surface area contributed by atoms with Crippen LogP contribution in [0.15, 0.2) is 66.4 Å². The van der Waals surface area contributed by atoms with Gasteiger partial charge in [-0.2, -0.15) is 0 Å². The highest BCUT2D eigenvalue weighted by Crippen LogP contribution is 2.36. The van der Waals surface area contributed by atoms with Gasteiger partial charge in [-0.15, -0.1) is 0 Å². The fourth-order valence-corrected chi connectivity index (χ4v) is 4.39. The van der Waals surface area contributed by atoms with Crippen molar-refractivity contribution in [3.05, 3.63) is 71.9 Å². The lowest BCUT2D eigenvalue weighted by atomic mass is 10.0. The van der Waals surface area contributed by atoms with Gasteiger partial charge in [0.2, 0.25) is 0 Å². The standard InChI is InChI=1S/C28H27N5O5/c1-16(27(36)31(3)13-18-8-9-18)30-26(35)17(2)33-15-29-25-20(6-5-7-21(25)28(33)37)19-10-11-23-22(12-19)32(4)24(34)14-38-23/h5-7,10-12,15,18H,1-2,8-9,13-14H2,3-4H3,(H,30,35). The van der Waals surface area contributed by atoms with Crippen LogP contribution in [0, 0.1) is 5.92 Å². The molecule has 38 heavy (non-hydrogen) atoms. The van der Waals surface area contributed by atoms with Gasteiger partial charge in [0, 0.05) is 26.2 Å². The zero-order chi connectivity index (χ0) is 27.1. The number of rotatable bonds is 7. The lowest BCUT2D eigenvalue weighted by Crippen LogP contribution is -2.38. The molecule has 3 aromatic rings. The Labute approximate surface area is 218 Å². The molecule has 1 fully saturated rings. The number of hydrogen-bond acceptors (Lipinski definition) is 6. The number of amides is 3. The summed E-state index contributed by atoms with van der Waals surface area (Å²) in [6.45, 7) is 8.01. The van der Waals surface area contributed by atoms with E-state index in [2.05, 4.69) is 23.5 Å².